The second-order valence-electron chi connectivity index (χ2n) is 7.43. The summed E-state index contributed by atoms with van der Waals surface area (Å²) in [5, 5.41) is 9.21. The number of carbonyl (C=O) groups is 1. The third-order valence-corrected chi connectivity index (χ3v) is 9.29. The van der Waals surface area contributed by atoms with E-state index in [1.54, 1.807) is 17.6 Å². The summed E-state index contributed by atoms with van der Waals surface area (Å²) in [5.74, 6) is -0.926. The highest BCUT2D eigenvalue weighted by Gasteiger charge is 2.52. The van der Waals surface area contributed by atoms with Gasteiger partial charge >= 0.3 is 0 Å². The molecule has 0 bridgehead atoms. The van der Waals surface area contributed by atoms with Crippen molar-refractivity contribution in [2.24, 2.45) is 0 Å². The van der Waals surface area contributed by atoms with Gasteiger partial charge in [-0.3, -0.25) is 14.4 Å². The SMILES string of the molecule is O=C(NO)C1(S(=O)(=O)c2ccc3c(c2)sc2nc(-c4ccccc4)cn23)CCOCC1. The minimum atomic E-state index is -4.07. The molecule has 160 valence electrons. The van der Waals surface area contributed by atoms with Gasteiger partial charge in [-0.1, -0.05) is 41.7 Å². The number of carbonyl (C=O) groups excluding carboxylic acids is 1. The van der Waals surface area contributed by atoms with Gasteiger partial charge in [0.15, 0.2) is 19.5 Å². The van der Waals surface area contributed by atoms with Crippen molar-refractivity contribution < 1.29 is 23.2 Å². The molecule has 0 radical (unpaired) electrons. The van der Waals surface area contributed by atoms with Crippen molar-refractivity contribution in [3.8, 4) is 11.3 Å². The van der Waals surface area contributed by atoms with Crippen molar-refractivity contribution in [2.75, 3.05) is 13.2 Å². The van der Waals surface area contributed by atoms with Crippen molar-refractivity contribution in [3.63, 3.8) is 0 Å². The standard InChI is InChI=1S/C21H19N3O5S2/c25-19(23-26)21(8-10-29-11-9-21)31(27,28)15-6-7-17-18(12-15)30-20-22-16(13-24(17)20)14-4-2-1-3-5-14/h1-7,12-13,26H,8-11H2,(H,23,25). The zero-order valence-corrected chi connectivity index (χ0v) is 17.9. The number of thiazole rings is 1. The van der Waals surface area contributed by atoms with Crippen LogP contribution in [0.4, 0.5) is 0 Å². The van der Waals surface area contributed by atoms with Crippen LogP contribution in [0.15, 0.2) is 59.6 Å². The average molecular weight is 458 g/mol. The number of benzene rings is 2. The largest absolute Gasteiger partial charge is 0.381 e. The molecule has 1 fully saturated rings. The number of nitrogens with zero attached hydrogens (tertiary/aromatic N) is 2. The van der Waals surface area contributed by atoms with E-state index >= 15 is 0 Å². The Balaban J connectivity index is 1.60. The molecule has 2 aromatic carbocycles. The highest BCUT2D eigenvalue weighted by atomic mass is 32.2. The topological polar surface area (TPSA) is 110 Å². The summed E-state index contributed by atoms with van der Waals surface area (Å²) in [4.78, 5) is 17.9. The molecule has 0 saturated carbocycles. The number of hydrogen-bond donors (Lipinski definition) is 2. The molecule has 0 spiro atoms. The maximum Gasteiger partial charge on any atom is 0.265 e. The third kappa shape index (κ3) is 3.06. The van der Waals surface area contributed by atoms with Crippen LogP contribution in [0.3, 0.4) is 0 Å². The molecule has 0 atom stereocenters. The van der Waals surface area contributed by atoms with E-state index in [1.165, 1.54) is 17.4 Å². The van der Waals surface area contributed by atoms with Crippen LogP contribution in [0.2, 0.25) is 0 Å². The van der Waals surface area contributed by atoms with E-state index in [9.17, 15) is 18.4 Å². The smallest absolute Gasteiger partial charge is 0.265 e. The Morgan fingerprint density at radius 1 is 1.16 bits per heavy atom. The number of nitrogens with one attached hydrogen (secondary N) is 1. The molecule has 2 aromatic heterocycles. The van der Waals surface area contributed by atoms with Gasteiger partial charge in [-0.05, 0) is 31.0 Å². The van der Waals surface area contributed by atoms with Crippen LogP contribution in [-0.2, 0) is 19.4 Å². The Bertz CT molecular complexity index is 1390. The van der Waals surface area contributed by atoms with Gasteiger partial charge in [0.1, 0.15) is 0 Å². The molecule has 5 rings (SSSR count). The molecular formula is C21H19N3O5S2. The lowest BCUT2D eigenvalue weighted by Crippen LogP contribution is -2.54. The number of sulfone groups is 1. The Kier molecular flexibility index (Phi) is 4.82. The number of ether oxygens (including phenoxy) is 1. The van der Waals surface area contributed by atoms with Crippen molar-refractivity contribution >= 4 is 42.3 Å². The summed E-state index contributed by atoms with van der Waals surface area (Å²) in [6, 6.07) is 14.6. The molecule has 8 nitrogen and oxygen atoms in total. The van der Waals surface area contributed by atoms with Gasteiger partial charge in [0, 0.05) is 25.0 Å². The quantitative estimate of drug-likeness (QED) is 0.360. The van der Waals surface area contributed by atoms with Gasteiger partial charge in [-0.2, -0.15) is 0 Å². The summed E-state index contributed by atoms with van der Waals surface area (Å²) in [6.07, 6.45) is 1.89. The third-order valence-electron chi connectivity index (χ3n) is 5.78. The van der Waals surface area contributed by atoms with E-state index in [0.717, 1.165) is 26.4 Å². The molecular weight excluding hydrogens is 438 g/mol. The van der Waals surface area contributed by atoms with E-state index in [0.29, 0.717) is 0 Å². The van der Waals surface area contributed by atoms with E-state index in [-0.39, 0.29) is 31.0 Å². The lowest BCUT2D eigenvalue weighted by Gasteiger charge is -2.34. The summed E-state index contributed by atoms with van der Waals surface area (Å²) in [7, 11) is -4.07. The molecule has 0 aliphatic carbocycles. The molecule has 3 heterocycles. The number of hydrogen-bond acceptors (Lipinski definition) is 7. The first-order valence-corrected chi connectivity index (χ1v) is 12.0. The highest BCUT2D eigenvalue weighted by molar-refractivity contribution is 7.93. The normalized spacial score (nSPS) is 16.5. The summed E-state index contributed by atoms with van der Waals surface area (Å²) in [6.45, 7) is 0.258. The van der Waals surface area contributed by atoms with Gasteiger partial charge in [0.2, 0.25) is 0 Å². The molecule has 1 aliphatic heterocycles. The van der Waals surface area contributed by atoms with E-state index < -0.39 is 20.5 Å². The maximum atomic E-state index is 13.5. The summed E-state index contributed by atoms with van der Waals surface area (Å²) >= 11 is 1.38. The molecule has 31 heavy (non-hydrogen) atoms. The van der Waals surface area contributed by atoms with Crippen LogP contribution in [0, 0.1) is 0 Å². The fourth-order valence-electron chi connectivity index (χ4n) is 4.04. The second-order valence-corrected chi connectivity index (χ2v) is 10.7. The predicted octanol–water partition coefficient (Wildman–Crippen LogP) is 3.04. The average Bonchev–Trinajstić information content (AvgIpc) is 3.37. The number of aromatic nitrogens is 2. The van der Waals surface area contributed by atoms with Crippen LogP contribution in [0.5, 0.6) is 0 Å². The van der Waals surface area contributed by atoms with E-state index in [1.807, 2.05) is 40.9 Å². The van der Waals surface area contributed by atoms with Crippen LogP contribution >= 0.6 is 11.3 Å². The van der Waals surface area contributed by atoms with E-state index in [2.05, 4.69) is 4.98 Å². The number of rotatable bonds is 4. The molecule has 0 unspecified atom stereocenters. The minimum absolute atomic E-state index is 0.0199. The lowest BCUT2D eigenvalue weighted by atomic mass is 9.98. The number of hydroxylamine groups is 1. The molecule has 2 N–H and O–H groups in total. The zero-order valence-electron chi connectivity index (χ0n) is 16.3. The number of imidazole rings is 1. The number of fused-ring (bicyclic) bond motifs is 3. The first-order chi connectivity index (χ1) is 15.0. The number of amides is 1. The first-order valence-electron chi connectivity index (χ1n) is 9.70. The Hall–Kier alpha value is -2.79. The Morgan fingerprint density at radius 2 is 1.90 bits per heavy atom. The molecule has 1 saturated heterocycles. The van der Waals surface area contributed by atoms with Crippen LogP contribution < -0.4 is 5.48 Å². The van der Waals surface area contributed by atoms with Crippen molar-refractivity contribution in [1.29, 1.82) is 0 Å². The van der Waals surface area contributed by atoms with Crippen molar-refractivity contribution in [1.82, 2.24) is 14.9 Å². The van der Waals surface area contributed by atoms with Crippen LogP contribution in [0.25, 0.3) is 26.4 Å². The molecule has 1 amide bonds. The summed E-state index contributed by atoms with van der Waals surface area (Å²) < 4.78 is 33.2. The van der Waals surface area contributed by atoms with Crippen molar-refractivity contribution in [3.05, 3.63) is 54.7 Å². The fourth-order valence-corrected chi connectivity index (χ4v) is 7.13. The van der Waals surface area contributed by atoms with E-state index in [4.69, 9.17) is 4.74 Å². The van der Waals surface area contributed by atoms with Gasteiger partial charge in [-0.25, -0.2) is 18.9 Å². The Labute approximate surface area is 182 Å². The molecule has 10 heteroatoms. The molecule has 1 aliphatic rings. The second kappa shape index (κ2) is 7.41. The summed E-state index contributed by atoms with van der Waals surface area (Å²) in [5.41, 5.74) is 4.22. The maximum absolute atomic E-state index is 13.5. The monoisotopic (exact) mass is 457 g/mol. The van der Waals surface area contributed by atoms with Gasteiger partial charge in [0.05, 0.1) is 20.8 Å². The Morgan fingerprint density at radius 3 is 2.61 bits per heavy atom. The fraction of sp³-hybridized carbons (Fsp3) is 0.238. The van der Waals surface area contributed by atoms with Crippen LogP contribution in [0.1, 0.15) is 12.8 Å². The highest BCUT2D eigenvalue weighted by Crippen LogP contribution is 2.38. The first kappa shape index (κ1) is 20.1. The lowest BCUT2D eigenvalue weighted by molar-refractivity contribution is -0.134. The van der Waals surface area contributed by atoms with Crippen molar-refractivity contribution in [2.45, 2.75) is 22.5 Å². The zero-order chi connectivity index (χ0) is 21.6. The van der Waals surface area contributed by atoms with Gasteiger partial charge in [0.25, 0.3) is 5.91 Å². The van der Waals surface area contributed by atoms with Gasteiger partial charge < -0.3 is 4.74 Å². The molecule has 4 aromatic rings. The van der Waals surface area contributed by atoms with Gasteiger partial charge in [-0.15, -0.1) is 0 Å². The minimum Gasteiger partial charge on any atom is -0.381 e. The predicted molar refractivity (Wildman–Crippen MR) is 116 cm³/mol. The van der Waals surface area contributed by atoms with Crippen LogP contribution in [-0.4, -0.2) is 46.9 Å².